The summed E-state index contributed by atoms with van der Waals surface area (Å²) in [4.78, 5) is 11.2. The summed E-state index contributed by atoms with van der Waals surface area (Å²) in [5.74, 6) is -0.0701. The molecule has 0 fully saturated rings. The second-order valence-electron chi connectivity index (χ2n) is 2.87. The van der Waals surface area contributed by atoms with Gasteiger partial charge in [-0.05, 0) is 17.4 Å². The summed E-state index contributed by atoms with van der Waals surface area (Å²) in [7, 11) is 0. The first-order chi connectivity index (χ1) is 6.68. The van der Waals surface area contributed by atoms with Crippen LogP contribution < -0.4 is 0 Å². The quantitative estimate of drug-likeness (QED) is 0.773. The molecule has 1 rings (SSSR count). The van der Waals surface area contributed by atoms with Gasteiger partial charge in [-0.1, -0.05) is 30.3 Å². The molecule has 0 saturated carbocycles. The van der Waals surface area contributed by atoms with Crippen LogP contribution in [-0.4, -0.2) is 11.1 Å². The van der Waals surface area contributed by atoms with Crippen LogP contribution in [0.2, 0.25) is 0 Å². The van der Waals surface area contributed by atoms with Gasteiger partial charge in [0.15, 0.2) is 0 Å². The number of hydrogen-bond acceptors (Lipinski definition) is 2. The first-order valence-corrected chi connectivity index (χ1v) is 5.25. The van der Waals surface area contributed by atoms with Gasteiger partial charge in [-0.3, -0.25) is 0 Å². The fourth-order valence-electron chi connectivity index (χ4n) is 0.987. The van der Waals surface area contributed by atoms with Crippen molar-refractivity contribution in [3.8, 4) is 0 Å². The van der Waals surface area contributed by atoms with Crippen molar-refractivity contribution in [1.82, 2.24) is 0 Å². The summed E-state index contributed by atoms with van der Waals surface area (Å²) in [6.45, 7) is 1.81. The van der Waals surface area contributed by atoms with Crippen LogP contribution in [0.5, 0.6) is 0 Å². The van der Waals surface area contributed by atoms with Crippen molar-refractivity contribution in [3.63, 3.8) is 0 Å². The first kappa shape index (κ1) is 10.9. The molecule has 0 heterocycles. The highest BCUT2D eigenvalue weighted by Gasteiger charge is 1.96. The van der Waals surface area contributed by atoms with E-state index in [1.54, 1.807) is 0 Å². The Morgan fingerprint density at radius 3 is 2.64 bits per heavy atom. The summed E-state index contributed by atoms with van der Waals surface area (Å²) in [6, 6.07) is 9.98. The number of rotatable bonds is 4. The molecule has 0 aromatic heterocycles. The van der Waals surface area contributed by atoms with E-state index in [1.165, 1.54) is 23.4 Å². The van der Waals surface area contributed by atoms with Crippen LogP contribution in [0.3, 0.4) is 0 Å². The summed E-state index contributed by atoms with van der Waals surface area (Å²) in [5, 5.41) is 8.49. The number of allylic oxidation sites excluding steroid dienone is 1. The van der Waals surface area contributed by atoms with Crippen LogP contribution in [-0.2, 0) is 10.5 Å². The van der Waals surface area contributed by atoms with E-state index in [9.17, 15) is 4.79 Å². The Kier molecular flexibility index (Phi) is 4.26. The summed E-state index contributed by atoms with van der Waals surface area (Å²) in [5.41, 5.74) is 1.20. The molecule has 0 radical (unpaired) electrons. The molecule has 3 heteroatoms. The lowest BCUT2D eigenvalue weighted by Crippen LogP contribution is -1.88. The zero-order chi connectivity index (χ0) is 10.4. The van der Waals surface area contributed by atoms with Gasteiger partial charge in [0, 0.05) is 11.8 Å². The maximum atomic E-state index is 10.3. The van der Waals surface area contributed by atoms with Gasteiger partial charge in [0.05, 0.1) is 0 Å². The SMILES string of the molecule is C/C(=C/C(=O)O)SCc1ccccc1. The highest BCUT2D eigenvalue weighted by atomic mass is 32.2. The third kappa shape index (κ3) is 4.14. The molecule has 0 bridgehead atoms. The highest BCUT2D eigenvalue weighted by molar-refractivity contribution is 8.02. The fourth-order valence-corrected chi connectivity index (χ4v) is 1.76. The predicted molar refractivity (Wildman–Crippen MR) is 59.1 cm³/mol. The third-order valence-electron chi connectivity index (χ3n) is 1.64. The maximum Gasteiger partial charge on any atom is 0.329 e. The van der Waals surface area contributed by atoms with Crippen LogP contribution in [0, 0.1) is 0 Å². The van der Waals surface area contributed by atoms with Gasteiger partial charge in [0.1, 0.15) is 0 Å². The molecule has 0 aliphatic heterocycles. The summed E-state index contributed by atoms with van der Waals surface area (Å²) in [6.07, 6.45) is 1.23. The van der Waals surface area contributed by atoms with E-state index in [-0.39, 0.29) is 0 Å². The molecule has 2 nitrogen and oxygen atoms in total. The Morgan fingerprint density at radius 1 is 1.43 bits per heavy atom. The van der Waals surface area contributed by atoms with Gasteiger partial charge in [-0.2, -0.15) is 0 Å². The van der Waals surface area contributed by atoms with E-state index >= 15 is 0 Å². The van der Waals surface area contributed by atoms with E-state index < -0.39 is 5.97 Å². The molecule has 1 N–H and O–H groups in total. The summed E-state index contributed by atoms with van der Waals surface area (Å²) >= 11 is 1.54. The van der Waals surface area contributed by atoms with Crippen LogP contribution in [0.25, 0.3) is 0 Å². The van der Waals surface area contributed by atoms with Crippen molar-refractivity contribution in [2.24, 2.45) is 0 Å². The lowest BCUT2D eigenvalue weighted by atomic mass is 10.2. The second-order valence-corrected chi connectivity index (χ2v) is 4.09. The van der Waals surface area contributed by atoms with Crippen molar-refractivity contribution >= 4 is 17.7 Å². The van der Waals surface area contributed by atoms with E-state index in [4.69, 9.17) is 5.11 Å². The average molecular weight is 208 g/mol. The van der Waals surface area contributed by atoms with E-state index in [0.717, 1.165) is 10.7 Å². The number of hydrogen-bond donors (Lipinski definition) is 1. The zero-order valence-corrected chi connectivity index (χ0v) is 8.75. The molecule has 0 aliphatic carbocycles. The first-order valence-electron chi connectivity index (χ1n) is 4.26. The van der Waals surface area contributed by atoms with Gasteiger partial charge in [0.25, 0.3) is 0 Å². The van der Waals surface area contributed by atoms with Gasteiger partial charge < -0.3 is 5.11 Å². The molecule has 0 amide bonds. The molecular weight excluding hydrogens is 196 g/mol. The molecule has 14 heavy (non-hydrogen) atoms. The molecule has 0 saturated heterocycles. The number of carbonyl (C=O) groups is 1. The average Bonchev–Trinajstić information content (AvgIpc) is 2.15. The largest absolute Gasteiger partial charge is 0.478 e. The molecule has 0 unspecified atom stereocenters. The Morgan fingerprint density at radius 2 is 2.07 bits per heavy atom. The van der Waals surface area contributed by atoms with Crippen LogP contribution in [0.4, 0.5) is 0 Å². The minimum atomic E-state index is -0.886. The second kappa shape index (κ2) is 5.50. The lowest BCUT2D eigenvalue weighted by Gasteiger charge is -2.00. The molecule has 0 atom stereocenters. The topological polar surface area (TPSA) is 37.3 Å². The van der Waals surface area contributed by atoms with E-state index in [1.807, 2.05) is 37.3 Å². The molecule has 1 aromatic carbocycles. The maximum absolute atomic E-state index is 10.3. The smallest absolute Gasteiger partial charge is 0.329 e. The monoisotopic (exact) mass is 208 g/mol. The molecular formula is C11H12O2S. The number of carboxylic acids is 1. The van der Waals surface area contributed by atoms with Gasteiger partial charge in [-0.15, -0.1) is 11.8 Å². The van der Waals surface area contributed by atoms with Crippen molar-refractivity contribution in [1.29, 1.82) is 0 Å². The van der Waals surface area contributed by atoms with Crippen molar-refractivity contribution in [2.75, 3.05) is 0 Å². The van der Waals surface area contributed by atoms with Gasteiger partial charge in [-0.25, -0.2) is 4.79 Å². The van der Waals surface area contributed by atoms with E-state index in [2.05, 4.69) is 0 Å². The van der Waals surface area contributed by atoms with Crippen LogP contribution in [0.1, 0.15) is 12.5 Å². The molecule has 74 valence electrons. The Bertz CT molecular complexity index is 330. The minimum Gasteiger partial charge on any atom is -0.478 e. The highest BCUT2D eigenvalue weighted by Crippen LogP contribution is 2.20. The zero-order valence-electron chi connectivity index (χ0n) is 7.93. The van der Waals surface area contributed by atoms with Gasteiger partial charge >= 0.3 is 5.97 Å². The molecule has 0 spiro atoms. The third-order valence-corrected chi connectivity index (χ3v) is 2.69. The van der Waals surface area contributed by atoms with Gasteiger partial charge in [0.2, 0.25) is 0 Å². The summed E-state index contributed by atoms with van der Waals surface area (Å²) < 4.78 is 0. The van der Waals surface area contributed by atoms with Crippen LogP contribution in [0.15, 0.2) is 41.3 Å². The number of aliphatic carboxylic acids is 1. The Balaban J connectivity index is 2.45. The fraction of sp³-hybridized carbons (Fsp3) is 0.182. The molecule has 0 aliphatic rings. The normalized spacial score (nSPS) is 11.4. The minimum absolute atomic E-state index is 0.816. The Labute approximate surface area is 87.6 Å². The van der Waals surface area contributed by atoms with Crippen LogP contribution >= 0.6 is 11.8 Å². The predicted octanol–water partition coefficient (Wildman–Crippen LogP) is 2.91. The lowest BCUT2D eigenvalue weighted by molar-refractivity contribution is -0.131. The van der Waals surface area contributed by atoms with Crippen molar-refractivity contribution in [2.45, 2.75) is 12.7 Å². The Hall–Kier alpha value is -1.22. The number of benzene rings is 1. The standard InChI is InChI=1S/C11H12O2S/c1-9(7-11(12)13)14-8-10-5-3-2-4-6-10/h2-7H,8H2,1H3,(H,12,13)/b9-7-. The van der Waals surface area contributed by atoms with Crippen molar-refractivity contribution in [3.05, 3.63) is 46.9 Å². The number of thioether (sulfide) groups is 1. The molecule has 1 aromatic rings. The van der Waals surface area contributed by atoms with Crippen molar-refractivity contribution < 1.29 is 9.90 Å². The number of carboxylic acid groups (broad SMARTS) is 1. The van der Waals surface area contributed by atoms with E-state index in [0.29, 0.717) is 0 Å².